The summed E-state index contributed by atoms with van der Waals surface area (Å²) >= 11 is 5.29. The third-order valence-electron chi connectivity index (χ3n) is 1.63. The molecule has 0 saturated carbocycles. The van der Waals surface area contributed by atoms with Gasteiger partial charge in [0.25, 0.3) is 5.69 Å². The second-order valence-corrected chi connectivity index (χ2v) is 2.85. The van der Waals surface area contributed by atoms with Gasteiger partial charge in [-0.25, -0.2) is 0 Å². The topological polar surface area (TPSA) is 56.0 Å². The molecule has 0 aliphatic heterocycles. The molecule has 0 N–H and O–H groups in total. The summed E-state index contributed by atoms with van der Waals surface area (Å²) in [6.45, 7) is 0. The quantitative estimate of drug-likeness (QED) is 0.454. The first-order chi connectivity index (χ1) is 6.88. The zero-order chi connectivity index (χ0) is 11.6. The fourth-order valence-electron chi connectivity index (χ4n) is 1.02. The first kappa shape index (κ1) is 11.7. The van der Waals surface area contributed by atoms with Gasteiger partial charge in [0.05, 0.1) is 16.4 Å². The third-order valence-corrected chi connectivity index (χ3v) is 1.91. The molecule has 0 saturated heterocycles. The highest BCUT2D eigenvalue weighted by Gasteiger charge is 2.40. The van der Waals surface area contributed by atoms with E-state index in [0.29, 0.717) is 6.20 Å². The molecule has 0 bridgehead atoms. The van der Waals surface area contributed by atoms with E-state index in [1.54, 1.807) is 0 Å². The van der Waals surface area contributed by atoms with Crippen LogP contribution in [0.4, 0.5) is 18.9 Å². The summed E-state index contributed by atoms with van der Waals surface area (Å²) in [6.07, 6.45) is -3.45. The summed E-state index contributed by atoms with van der Waals surface area (Å²) in [6, 6.07) is 0. The SMILES string of the molecule is O=[N+]([O-])c1c(CCl)cncc1C(F)(F)F. The summed E-state index contributed by atoms with van der Waals surface area (Å²) in [7, 11) is 0. The Labute approximate surface area is 86.8 Å². The van der Waals surface area contributed by atoms with E-state index < -0.39 is 28.2 Å². The van der Waals surface area contributed by atoms with E-state index >= 15 is 0 Å². The molecule has 0 amide bonds. The minimum absolute atomic E-state index is 0.253. The van der Waals surface area contributed by atoms with E-state index in [2.05, 4.69) is 4.98 Å². The molecular weight excluding hydrogens is 237 g/mol. The minimum Gasteiger partial charge on any atom is -0.263 e. The molecule has 1 aromatic heterocycles. The predicted octanol–water partition coefficient (Wildman–Crippen LogP) is 2.75. The average molecular weight is 241 g/mol. The zero-order valence-electron chi connectivity index (χ0n) is 7.08. The van der Waals surface area contributed by atoms with Crippen LogP contribution in [0.5, 0.6) is 0 Å². The Morgan fingerprint density at radius 1 is 1.47 bits per heavy atom. The van der Waals surface area contributed by atoms with Crippen LogP contribution in [0.2, 0.25) is 0 Å². The average Bonchev–Trinajstić information content (AvgIpc) is 2.15. The first-order valence-electron chi connectivity index (χ1n) is 3.62. The number of hydrogen-bond acceptors (Lipinski definition) is 3. The Kier molecular flexibility index (Phi) is 3.13. The van der Waals surface area contributed by atoms with Crippen LogP contribution < -0.4 is 0 Å². The number of hydrogen-bond donors (Lipinski definition) is 0. The molecular formula is C7H4ClF3N2O2. The summed E-state index contributed by atoms with van der Waals surface area (Å²) in [5, 5.41) is 10.5. The van der Waals surface area contributed by atoms with Crippen LogP contribution in [-0.2, 0) is 12.1 Å². The second kappa shape index (κ2) is 4.01. The van der Waals surface area contributed by atoms with Crippen molar-refractivity contribution >= 4 is 17.3 Å². The molecule has 1 rings (SSSR count). The Morgan fingerprint density at radius 2 is 2.07 bits per heavy atom. The van der Waals surface area contributed by atoms with Crippen LogP contribution in [0.25, 0.3) is 0 Å². The summed E-state index contributed by atoms with van der Waals surface area (Å²) in [5.41, 5.74) is -2.67. The maximum Gasteiger partial charge on any atom is 0.424 e. The number of alkyl halides is 4. The molecule has 0 unspecified atom stereocenters. The van der Waals surface area contributed by atoms with Gasteiger partial charge < -0.3 is 0 Å². The van der Waals surface area contributed by atoms with Gasteiger partial charge in [0.2, 0.25) is 0 Å². The van der Waals surface area contributed by atoms with Crippen molar-refractivity contribution < 1.29 is 18.1 Å². The van der Waals surface area contributed by atoms with Gasteiger partial charge in [-0.3, -0.25) is 15.1 Å². The highest BCUT2D eigenvalue weighted by molar-refractivity contribution is 6.17. The van der Waals surface area contributed by atoms with Crippen molar-refractivity contribution in [1.29, 1.82) is 0 Å². The largest absolute Gasteiger partial charge is 0.424 e. The molecule has 82 valence electrons. The lowest BCUT2D eigenvalue weighted by molar-refractivity contribution is -0.388. The van der Waals surface area contributed by atoms with Crippen LogP contribution in [0.3, 0.4) is 0 Å². The standard InChI is InChI=1S/C7H4ClF3N2O2/c8-1-4-2-12-3-5(7(9,10)11)6(4)13(14)15/h2-3H,1H2. The lowest BCUT2D eigenvalue weighted by Gasteiger charge is -2.08. The Hall–Kier alpha value is -1.37. The molecule has 0 aliphatic carbocycles. The molecule has 0 radical (unpaired) electrons. The highest BCUT2D eigenvalue weighted by atomic mass is 35.5. The van der Waals surface area contributed by atoms with Crippen LogP contribution in [0.15, 0.2) is 12.4 Å². The molecule has 0 fully saturated rings. The van der Waals surface area contributed by atoms with Crippen molar-refractivity contribution in [3.8, 4) is 0 Å². The maximum absolute atomic E-state index is 12.3. The van der Waals surface area contributed by atoms with Crippen molar-refractivity contribution in [3.05, 3.63) is 33.6 Å². The van der Waals surface area contributed by atoms with Crippen molar-refractivity contribution in [2.45, 2.75) is 12.1 Å². The molecule has 0 spiro atoms. The molecule has 8 heteroatoms. The molecule has 15 heavy (non-hydrogen) atoms. The number of aromatic nitrogens is 1. The van der Waals surface area contributed by atoms with Gasteiger partial charge in [-0.05, 0) is 0 Å². The summed E-state index contributed by atoms with van der Waals surface area (Å²) in [5.74, 6) is -0.396. The van der Waals surface area contributed by atoms with Gasteiger partial charge >= 0.3 is 6.18 Å². The van der Waals surface area contributed by atoms with E-state index in [-0.39, 0.29) is 5.56 Å². The number of halogens is 4. The van der Waals surface area contributed by atoms with Gasteiger partial charge in [-0.15, -0.1) is 11.6 Å². The first-order valence-corrected chi connectivity index (χ1v) is 4.15. The Bertz CT molecular complexity index is 394. The van der Waals surface area contributed by atoms with Crippen LogP contribution >= 0.6 is 11.6 Å². The van der Waals surface area contributed by atoms with E-state index in [9.17, 15) is 23.3 Å². The molecule has 0 aromatic carbocycles. The Balaban J connectivity index is 3.46. The van der Waals surface area contributed by atoms with Gasteiger partial charge in [-0.1, -0.05) is 0 Å². The van der Waals surface area contributed by atoms with Crippen LogP contribution in [0.1, 0.15) is 11.1 Å². The molecule has 0 aliphatic rings. The molecule has 0 atom stereocenters. The van der Waals surface area contributed by atoms with Gasteiger partial charge in [0.1, 0.15) is 0 Å². The lowest BCUT2D eigenvalue weighted by Crippen LogP contribution is -2.11. The second-order valence-electron chi connectivity index (χ2n) is 2.58. The molecule has 4 nitrogen and oxygen atoms in total. The van der Waals surface area contributed by atoms with Gasteiger partial charge in [-0.2, -0.15) is 13.2 Å². The van der Waals surface area contributed by atoms with Crippen LogP contribution in [-0.4, -0.2) is 9.91 Å². The summed E-state index contributed by atoms with van der Waals surface area (Å²) in [4.78, 5) is 12.6. The van der Waals surface area contributed by atoms with Crippen molar-refractivity contribution in [2.24, 2.45) is 0 Å². The highest BCUT2D eigenvalue weighted by Crippen LogP contribution is 2.37. The predicted molar refractivity (Wildman–Crippen MR) is 45.5 cm³/mol. The van der Waals surface area contributed by atoms with Crippen molar-refractivity contribution in [3.63, 3.8) is 0 Å². The molecule has 1 aromatic rings. The van der Waals surface area contributed by atoms with Crippen LogP contribution in [0, 0.1) is 10.1 Å². The van der Waals surface area contributed by atoms with E-state index in [1.165, 1.54) is 0 Å². The number of pyridine rings is 1. The fourth-order valence-corrected chi connectivity index (χ4v) is 1.21. The molecule has 1 heterocycles. The van der Waals surface area contributed by atoms with E-state index in [1.807, 2.05) is 0 Å². The zero-order valence-corrected chi connectivity index (χ0v) is 7.84. The smallest absolute Gasteiger partial charge is 0.263 e. The maximum atomic E-state index is 12.3. The lowest BCUT2D eigenvalue weighted by atomic mass is 10.1. The normalized spacial score (nSPS) is 11.5. The van der Waals surface area contributed by atoms with Gasteiger partial charge in [0.15, 0.2) is 5.56 Å². The Morgan fingerprint density at radius 3 is 2.47 bits per heavy atom. The van der Waals surface area contributed by atoms with Gasteiger partial charge in [0, 0.05) is 12.4 Å². The van der Waals surface area contributed by atoms with Crippen molar-refractivity contribution in [2.75, 3.05) is 0 Å². The van der Waals surface area contributed by atoms with Crippen molar-refractivity contribution in [1.82, 2.24) is 4.98 Å². The monoisotopic (exact) mass is 240 g/mol. The summed E-state index contributed by atoms with van der Waals surface area (Å²) < 4.78 is 37.0. The number of nitro groups is 1. The van der Waals surface area contributed by atoms with E-state index in [4.69, 9.17) is 11.6 Å². The third kappa shape index (κ3) is 2.35. The van der Waals surface area contributed by atoms with E-state index in [0.717, 1.165) is 6.20 Å². The number of nitrogens with zero attached hydrogens (tertiary/aromatic N) is 2. The fraction of sp³-hybridized carbons (Fsp3) is 0.286. The number of rotatable bonds is 2. The minimum atomic E-state index is -4.81.